The van der Waals surface area contributed by atoms with Crippen LogP contribution < -0.4 is 0 Å². The first-order chi connectivity index (χ1) is 17.4. The quantitative estimate of drug-likeness (QED) is 0.317. The first-order valence-electron chi connectivity index (χ1n) is 12.4. The first-order valence-corrected chi connectivity index (χ1v) is 13.3. The fourth-order valence-corrected chi connectivity index (χ4v) is 5.59. The number of ketones is 1. The molecular formula is C27H33ClFN3O4S. The summed E-state index contributed by atoms with van der Waals surface area (Å²) >= 11 is 1.29. The molecule has 200 valence electrons. The van der Waals surface area contributed by atoms with Crippen molar-refractivity contribution in [2.45, 2.75) is 57.4 Å². The molecule has 7 nitrogen and oxygen atoms in total. The molecule has 1 saturated heterocycles. The van der Waals surface area contributed by atoms with Gasteiger partial charge < -0.3 is 4.74 Å². The second-order valence-electron chi connectivity index (χ2n) is 9.29. The summed E-state index contributed by atoms with van der Waals surface area (Å²) in [5.41, 5.74) is 2.21. The third-order valence-electron chi connectivity index (χ3n) is 6.48. The lowest BCUT2D eigenvalue weighted by Crippen LogP contribution is -2.43. The van der Waals surface area contributed by atoms with Gasteiger partial charge in [-0.05, 0) is 37.8 Å². The Kier molecular flexibility index (Phi) is 10.5. The lowest BCUT2D eigenvalue weighted by molar-refractivity contribution is -0.142. The molecule has 2 aliphatic rings. The highest BCUT2D eigenvalue weighted by atomic mass is 35.5. The summed E-state index contributed by atoms with van der Waals surface area (Å²) in [4.78, 5) is 39.0. The molecule has 2 heterocycles. The average Bonchev–Trinajstić information content (AvgIpc) is 3.60. The molecule has 1 aliphatic heterocycles. The number of benzene rings is 1. The van der Waals surface area contributed by atoms with E-state index in [9.17, 15) is 18.8 Å². The topological polar surface area (TPSA) is 81.5 Å². The fourth-order valence-electron chi connectivity index (χ4n) is 4.64. The van der Waals surface area contributed by atoms with Gasteiger partial charge in [0, 0.05) is 48.5 Å². The van der Waals surface area contributed by atoms with Gasteiger partial charge in [-0.2, -0.15) is 5.10 Å². The molecule has 4 rings (SSSR count). The van der Waals surface area contributed by atoms with E-state index in [0.29, 0.717) is 38.2 Å². The van der Waals surface area contributed by atoms with Gasteiger partial charge >= 0.3 is 5.97 Å². The van der Waals surface area contributed by atoms with E-state index in [1.165, 1.54) is 17.8 Å². The lowest BCUT2D eigenvalue weighted by atomic mass is 9.93. The van der Waals surface area contributed by atoms with Gasteiger partial charge in [0.2, 0.25) is 0 Å². The summed E-state index contributed by atoms with van der Waals surface area (Å²) in [5, 5.41) is 4.37. The van der Waals surface area contributed by atoms with Crippen LogP contribution in [0.1, 0.15) is 50.3 Å². The highest BCUT2D eigenvalue weighted by Crippen LogP contribution is 2.40. The molecule has 1 saturated carbocycles. The molecule has 0 radical (unpaired) electrons. The molecule has 0 amide bonds. The number of allylic oxidation sites excluding steroid dienone is 1. The summed E-state index contributed by atoms with van der Waals surface area (Å²) in [6.07, 6.45) is 8.05. The number of likely N-dealkylation sites (tertiary alicyclic amines) is 1. The Morgan fingerprint density at radius 2 is 2.00 bits per heavy atom. The second kappa shape index (κ2) is 13.3. The number of rotatable bonds is 10. The highest BCUT2D eigenvalue weighted by molar-refractivity contribution is 8.14. The summed E-state index contributed by atoms with van der Waals surface area (Å²) < 4.78 is 21.5. The predicted molar refractivity (Wildman–Crippen MR) is 143 cm³/mol. The molecule has 0 N–H and O–H groups in total. The van der Waals surface area contributed by atoms with E-state index in [-0.39, 0.29) is 52.7 Å². The van der Waals surface area contributed by atoms with E-state index in [1.54, 1.807) is 49.1 Å². The zero-order valence-corrected chi connectivity index (χ0v) is 22.7. The van der Waals surface area contributed by atoms with E-state index in [1.807, 2.05) is 6.08 Å². The Balaban J connectivity index is 0.00000380. The van der Waals surface area contributed by atoms with Crippen LogP contribution in [-0.2, 0) is 32.1 Å². The fraction of sp³-hybridized carbons (Fsp3) is 0.481. The number of aromatic nitrogens is 2. The number of hydrogen-bond donors (Lipinski definition) is 0. The predicted octanol–water partition coefficient (Wildman–Crippen LogP) is 4.55. The molecule has 37 heavy (non-hydrogen) atoms. The van der Waals surface area contributed by atoms with Crippen LogP contribution >= 0.6 is 24.2 Å². The Bertz CT molecular complexity index is 1150. The van der Waals surface area contributed by atoms with E-state index in [0.717, 1.165) is 24.0 Å². The second-order valence-corrected chi connectivity index (χ2v) is 10.7. The first kappa shape index (κ1) is 29.1. The Labute approximate surface area is 227 Å². The SMILES string of the molecule is CCOC(=O)Cc1cnn(CC=C2CN(C(C(=O)C3CC3)c3ccccc3F)CCC2SC(C)=O)c1.Cl. The standard InChI is InChI=1S/C27H32FN3O4S.ClH/c1-3-35-25(33)14-19-15-29-31(16-19)13-10-21-17-30(12-11-24(21)36-18(2)32)26(27(34)20-8-9-20)22-6-4-5-7-23(22)28;/h4-7,10,15-16,20,24,26H,3,8-9,11-14,17H2,1-2H3;1H. The minimum atomic E-state index is -0.633. The molecule has 10 heteroatoms. The third kappa shape index (κ3) is 7.75. The minimum absolute atomic E-state index is 0. The molecule has 2 unspecified atom stereocenters. The Morgan fingerprint density at radius 1 is 1.24 bits per heavy atom. The van der Waals surface area contributed by atoms with Crippen molar-refractivity contribution in [1.29, 1.82) is 0 Å². The van der Waals surface area contributed by atoms with Gasteiger partial charge in [0.25, 0.3) is 0 Å². The average molecular weight is 550 g/mol. The van der Waals surface area contributed by atoms with Crippen LogP contribution in [-0.4, -0.2) is 56.5 Å². The number of hydrogen-bond acceptors (Lipinski definition) is 7. The van der Waals surface area contributed by atoms with E-state index >= 15 is 0 Å². The van der Waals surface area contributed by atoms with Crippen LogP contribution in [0, 0.1) is 11.7 Å². The van der Waals surface area contributed by atoms with E-state index in [4.69, 9.17) is 4.74 Å². The molecule has 2 aromatic rings. The number of nitrogens with zero attached hydrogens (tertiary/aromatic N) is 3. The maximum atomic E-state index is 14.8. The number of ether oxygens (including phenoxy) is 1. The molecule has 1 aliphatic carbocycles. The van der Waals surface area contributed by atoms with Crippen LogP contribution in [0.25, 0.3) is 0 Å². The third-order valence-corrected chi connectivity index (χ3v) is 7.64. The number of Topliss-reactive ketones (excluding diaryl/α,β-unsaturated/α-hetero) is 1. The van der Waals surface area contributed by atoms with Crippen molar-refractivity contribution in [2.24, 2.45) is 5.92 Å². The van der Waals surface area contributed by atoms with Gasteiger partial charge in [0.15, 0.2) is 10.9 Å². The number of esters is 1. The Morgan fingerprint density at radius 3 is 2.68 bits per heavy atom. The smallest absolute Gasteiger partial charge is 0.310 e. The van der Waals surface area contributed by atoms with Crippen LogP contribution in [0.2, 0.25) is 0 Å². The van der Waals surface area contributed by atoms with E-state index in [2.05, 4.69) is 10.00 Å². The number of piperidine rings is 1. The van der Waals surface area contributed by atoms with Gasteiger partial charge in [-0.25, -0.2) is 4.39 Å². The normalized spacial score (nSPS) is 19.8. The molecule has 1 aromatic heterocycles. The molecule has 0 spiro atoms. The number of halogens is 2. The molecule has 2 atom stereocenters. The van der Waals surface area contributed by atoms with Crippen molar-refractivity contribution in [1.82, 2.24) is 14.7 Å². The summed E-state index contributed by atoms with van der Waals surface area (Å²) in [6.45, 7) is 5.20. The largest absolute Gasteiger partial charge is 0.466 e. The lowest BCUT2D eigenvalue weighted by Gasteiger charge is -2.38. The van der Waals surface area contributed by atoms with Gasteiger partial charge in [0.05, 0.1) is 31.8 Å². The van der Waals surface area contributed by atoms with Gasteiger partial charge in [0.1, 0.15) is 5.82 Å². The van der Waals surface area contributed by atoms with Crippen LogP contribution in [0.15, 0.2) is 48.3 Å². The summed E-state index contributed by atoms with van der Waals surface area (Å²) in [5.74, 6) is -0.593. The van der Waals surface area contributed by atoms with Gasteiger partial charge in [-0.3, -0.25) is 24.0 Å². The molecule has 1 aromatic carbocycles. The van der Waals surface area contributed by atoms with Crippen molar-refractivity contribution in [3.05, 3.63) is 65.3 Å². The molecule has 2 fully saturated rings. The molecular weight excluding hydrogens is 517 g/mol. The number of carbonyl (C=O) groups excluding carboxylic acids is 3. The van der Waals surface area contributed by atoms with E-state index < -0.39 is 6.04 Å². The zero-order chi connectivity index (χ0) is 25.7. The van der Waals surface area contributed by atoms with Crippen LogP contribution in [0.4, 0.5) is 4.39 Å². The van der Waals surface area contributed by atoms with Gasteiger partial charge in [-0.15, -0.1) is 12.4 Å². The van der Waals surface area contributed by atoms with Gasteiger partial charge in [-0.1, -0.05) is 36.0 Å². The maximum absolute atomic E-state index is 14.8. The number of carbonyl (C=O) groups is 3. The highest BCUT2D eigenvalue weighted by Gasteiger charge is 2.41. The van der Waals surface area contributed by atoms with Crippen molar-refractivity contribution < 1.29 is 23.5 Å². The Hall–Kier alpha value is -2.49. The van der Waals surface area contributed by atoms with Crippen molar-refractivity contribution in [2.75, 3.05) is 19.7 Å². The molecule has 0 bridgehead atoms. The van der Waals surface area contributed by atoms with Crippen molar-refractivity contribution in [3.8, 4) is 0 Å². The monoisotopic (exact) mass is 549 g/mol. The zero-order valence-electron chi connectivity index (χ0n) is 21.1. The van der Waals surface area contributed by atoms with Crippen LogP contribution in [0.5, 0.6) is 0 Å². The van der Waals surface area contributed by atoms with Crippen molar-refractivity contribution >= 4 is 41.0 Å². The number of thioether (sulfide) groups is 1. The summed E-state index contributed by atoms with van der Waals surface area (Å²) in [6, 6.07) is 5.88. The van der Waals surface area contributed by atoms with Crippen molar-refractivity contribution in [3.63, 3.8) is 0 Å². The minimum Gasteiger partial charge on any atom is -0.466 e. The maximum Gasteiger partial charge on any atom is 0.310 e. The summed E-state index contributed by atoms with van der Waals surface area (Å²) in [7, 11) is 0. The van der Waals surface area contributed by atoms with Crippen LogP contribution in [0.3, 0.4) is 0 Å².